The number of hydrogen-bond acceptors (Lipinski definition) is 4. The third-order valence-electron chi connectivity index (χ3n) is 3.94. The predicted octanol–water partition coefficient (Wildman–Crippen LogP) is 2.15. The molecule has 0 aromatic heterocycles. The van der Waals surface area contributed by atoms with E-state index in [4.69, 9.17) is 14.6 Å². The minimum absolute atomic E-state index is 0. The quantitative estimate of drug-likeness (QED) is 0.181. The fourth-order valence-corrected chi connectivity index (χ4v) is 2.65. The second-order valence-corrected chi connectivity index (χ2v) is 6.02. The van der Waals surface area contributed by atoms with Crippen molar-refractivity contribution in [2.75, 3.05) is 46.1 Å². The fraction of sp³-hybridized carbons (Fsp3) is 0.941. The average Bonchev–Trinajstić information content (AvgIpc) is 3.05. The zero-order chi connectivity index (χ0) is 16.8. The first-order valence-corrected chi connectivity index (χ1v) is 9.12. The number of guanidine groups is 1. The molecule has 144 valence electrons. The van der Waals surface area contributed by atoms with E-state index in [9.17, 15) is 0 Å². The first-order valence-electron chi connectivity index (χ1n) is 9.12. The minimum atomic E-state index is 0. The Hall–Kier alpha value is -0.120. The van der Waals surface area contributed by atoms with Crippen molar-refractivity contribution in [1.82, 2.24) is 10.6 Å². The summed E-state index contributed by atoms with van der Waals surface area (Å²) < 4.78 is 11.0. The van der Waals surface area contributed by atoms with Gasteiger partial charge in [-0.1, -0.05) is 13.3 Å². The number of aliphatic imine (C=N–C) groups is 1. The largest absolute Gasteiger partial charge is 0.396 e. The third kappa shape index (κ3) is 11.4. The number of rotatable bonds is 12. The molecule has 0 bridgehead atoms. The molecule has 1 fully saturated rings. The standard InChI is InChI=1S/C17H35N3O3.HI/c1-3-6-15(7-10-21)13-20-17(18-4-2)19-9-5-11-23-16-8-12-22-14-16;/h15-16,21H,3-14H2,1-2H3,(H2,18,19,20);1H. The summed E-state index contributed by atoms with van der Waals surface area (Å²) in [6, 6.07) is 0. The van der Waals surface area contributed by atoms with Crippen molar-refractivity contribution in [2.45, 2.75) is 52.1 Å². The van der Waals surface area contributed by atoms with Gasteiger partial charge in [0.15, 0.2) is 5.96 Å². The molecule has 0 aromatic rings. The van der Waals surface area contributed by atoms with Crippen molar-refractivity contribution in [3.05, 3.63) is 0 Å². The molecule has 0 amide bonds. The minimum Gasteiger partial charge on any atom is -0.396 e. The molecule has 24 heavy (non-hydrogen) atoms. The van der Waals surface area contributed by atoms with Gasteiger partial charge in [0.25, 0.3) is 0 Å². The predicted molar refractivity (Wildman–Crippen MR) is 109 cm³/mol. The topological polar surface area (TPSA) is 75.1 Å². The van der Waals surface area contributed by atoms with E-state index >= 15 is 0 Å². The molecule has 0 aromatic carbocycles. The fourth-order valence-electron chi connectivity index (χ4n) is 2.65. The number of nitrogens with zero attached hydrogens (tertiary/aromatic N) is 1. The summed E-state index contributed by atoms with van der Waals surface area (Å²) in [7, 11) is 0. The van der Waals surface area contributed by atoms with Crippen molar-refractivity contribution >= 4 is 29.9 Å². The van der Waals surface area contributed by atoms with Gasteiger partial charge in [0.2, 0.25) is 0 Å². The van der Waals surface area contributed by atoms with Gasteiger partial charge >= 0.3 is 0 Å². The lowest BCUT2D eigenvalue weighted by molar-refractivity contribution is 0.0420. The van der Waals surface area contributed by atoms with Crippen LogP contribution in [0.3, 0.4) is 0 Å². The molecule has 6 nitrogen and oxygen atoms in total. The molecule has 0 radical (unpaired) electrons. The van der Waals surface area contributed by atoms with E-state index in [1.54, 1.807) is 0 Å². The lowest BCUT2D eigenvalue weighted by Crippen LogP contribution is -2.38. The highest BCUT2D eigenvalue weighted by Gasteiger charge is 2.15. The van der Waals surface area contributed by atoms with Gasteiger partial charge in [0.05, 0.1) is 12.7 Å². The van der Waals surface area contributed by atoms with Crippen LogP contribution in [0.15, 0.2) is 4.99 Å². The van der Waals surface area contributed by atoms with Crippen LogP contribution in [0.25, 0.3) is 0 Å². The van der Waals surface area contributed by atoms with Crippen LogP contribution in [-0.4, -0.2) is 63.2 Å². The monoisotopic (exact) mass is 457 g/mol. The van der Waals surface area contributed by atoms with E-state index in [2.05, 4.69) is 29.5 Å². The van der Waals surface area contributed by atoms with Crippen LogP contribution >= 0.6 is 24.0 Å². The van der Waals surface area contributed by atoms with Crippen LogP contribution in [0.4, 0.5) is 0 Å². The number of halogens is 1. The van der Waals surface area contributed by atoms with Crippen LogP contribution in [0.1, 0.15) is 46.0 Å². The van der Waals surface area contributed by atoms with Crippen molar-refractivity contribution in [1.29, 1.82) is 0 Å². The number of aliphatic hydroxyl groups excluding tert-OH is 1. The zero-order valence-electron chi connectivity index (χ0n) is 15.3. The average molecular weight is 457 g/mol. The Morgan fingerprint density at radius 3 is 2.79 bits per heavy atom. The Labute approximate surface area is 164 Å². The molecule has 1 saturated heterocycles. The van der Waals surface area contributed by atoms with Gasteiger partial charge in [0, 0.05) is 39.5 Å². The molecular weight excluding hydrogens is 421 g/mol. The van der Waals surface area contributed by atoms with Gasteiger partial charge in [-0.05, 0) is 38.5 Å². The molecule has 0 aliphatic carbocycles. The Morgan fingerprint density at radius 2 is 2.17 bits per heavy atom. The molecule has 3 N–H and O–H groups in total. The Bertz CT molecular complexity index is 307. The Balaban J connectivity index is 0.00000529. The second kappa shape index (κ2) is 16.4. The highest BCUT2D eigenvalue weighted by atomic mass is 127. The van der Waals surface area contributed by atoms with E-state index in [1.807, 2.05) is 0 Å². The lowest BCUT2D eigenvalue weighted by atomic mass is 10.0. The molecule has 1 heterocycles. The number of ether oxygens (including phenoxy) is 2. The summed E-state index contributed by atoms with van der Waals surface area (Å²) in [5, 5.41) is 15.7. The van der Waals surface area contributed by atoms with Crippen LogP contribution in [-0.2, 0) is 9.47 Å². The van der Waals surface area contributed by atoms with Gasteiger partial charge in [0.1, 0.15) is 0 Å². The smallest absolute Gasteiger partial charge is 0.191 e. The molecular formula is C17H36IN3O3. The molecule has 2 unspecified atom stereocenters. The summed E-state index contributed by atoms with van der Waals surface area (Å²) >= 11 is 0. The molecule has 1 aliphatic rings. The van der Waals surface area contributed by atoms with Crippen LogP contribution in [0.2, 0.25) is 0 Å². The highest BCUT2D eigenvalue weighted by Crippen LogP contribution is 2.11. The summed E-state index contributed by atoms with van der Waals surface area (Å²) in [6.07, 6.45) is 5.32. The van der Waals surface area contributed by atoms with Crippen molar-refractivity contribution in [2.24, 2.45) is 10.9 Å². The van der Waals surface area contributed by atoms with Crippen molar-refractivity contribution in [3.8, 4) is 0 Å². The Kier molecular flexibility index (Phi) is 16.3. The molecule has 1 rings (SSSR count). The summed E-state index contributed by atoms with van der Waals surface area (Å²) in [6.45, 7) is 9.26. The van der Waals surface area contributed by atoms with Crippen LogP contribution in [0.5, 0.6) is 0 Å². The summed E-state index contributed by atoms with van der Waals surface area (Å²) in [5.41, 5.74) is 0. The zero-order valence-corrected chi connectivity index (χ0v) is 17.6. The number of nitrogens with one attached hydrogen (secondary N) is 2. The van der Waals surface area contributed by atoms with E-state index in [0.717, 1.165) is 77.5 Å². The maximum absolute atomic E-state index is 9.12. The molecule has 2 atom stereocenters. The van der Waals surface area contributed by atoms with Crippen molar-refractivity contribution < 1.29 is 14.6 Å². The number of hydrogen-bond donors (Lipinski definition) is 3. The maximum Gasteiger partial charge on any atom is 0.191 e. The Morgan fingerprint density at radius 1 is 1.33 bits per heavy atom. The van der Waals surface area contributed by atoms with Crippen LogP contribution in [0, 0.1) is 5.92 Å². The SMILES string of the molecule is CCCC(CCO)CN=C(NCC)NCCCOC1CCOC1.I. The van der Waals surface area contributed by atoms with Gasteiger partial charge in [-0.25, -0.2) is 0 Å². The van der Waals surface area contributed by atoms with Gasteiger partial charge in [-0.2, -0.15) is 0 Å². The van der Waals surface area contributed by atoms with E-state index in [0.29, 0.717) is 5.92 Å². The maximum atomic E-state index is 9.12. The third-order valence-corrected chi connectivity index (χ3v) is 3.94. The van der Waals surface area contributed by atoms with Gasteiger partial charge in [-0.15, -0.1) is 24.0 Å². The molecule has 0 spiro atoms. The van der Waals surface area contributed by atoms with E-state index < -0.39 is 0 Å². The molecule has 0 saturated carbocycles. The molecule has 7 heteroatoms. The molecule has 1 aliphatic heterocycles. The second-order valence-electron chi connectivity index (χ2n) is 6.02. The summed E-state index contributed by atoms with van der Waals surface area (Å²) in [5.74, 6) is 1.32. The van der Waals surface area contributed by atoms with E-state index in [1.165, 1.54) is 0 Å². The first kappa shape index (κ1) is 23.9. The number of aliphatic hydroxyl groups is 1. The van der Waals surface area contributed by atoms with Crippen molar-refractivity contribution in [3.63, 3.8) is 0 Å². The van der Waals surface area contributed by atoms with Crippen LogP contribution < -0.4 is 10.6 Å². The summed E-state index contributed by atoms with van der Waals surface area (Å²) in [4.78, 5) is 4.65. The first-order chi connectivity index (χ1) is 11.3. The normalized spacial score (nSPS) is 19.0. The highest BCUT2D eigenvalue weighted by molar-refractivity contribution is 14.0. The lowest BCUT2D eigenvalue weighted by Gasteiger charge is -2.15. The van der Waals surface area contributed by atoms with Gasteiger partial charge in [-0.3, -0.25) is 4.99 Å². The van der Waals surface area contributed by atoms with Gasteiger partial charge < -0.3 is 25.2 Å². The van der Waals surface area contributed by atoms with E-state index in [-0.39, 0.29) is 36.7 Å².